The van der Waals surface area contributed by atoms with E-state index in [1.54, 1.807) is 0 Å². The molecule has 156 valence electrons. The van der Waals surface area contributed by atoms with Crippen LogP contribution in [0.5, 0.6) is 0 Å². The quantitative estimate of drug-likeness (QED) is 0.565. The highest BCUT2D eigenvalue weighted by atomic mass is 32.2. The highest BCUT2D eigenvalue weighted by Gasteiger charge is 2.29. The third kappa shape index (κ3) is 4.42. The van der Waals surface area contributed by atoms with Crippen molar-refractivity contribution in [3.05, 3.63) is 72.1 Å². The molecule has 1 saturated carbocycles. The van der Waals surface area contributed by atoms with Crippen LogP contribution in [0.15, 0.2) is 65.7 Å². The van der Waals surface area contributed by atoms with Crippen LogP contribution in [-0.4, -0.2) is 32.6 Å². The fourth-order valence-electron chi connectivity index (χ4n) is 4.35. The average molecular weight is 421 g/mol. The van der Waals surface area contributed by atoms with Crippen molar-refractivity contribution in [2.24, 2.45) is 5.92 Å². The van der Waals surface area contributed by atoms with Gasteiger partial charge in [-0.1, -0.05) is 18.2 Å². The minimum absolute atomic E-state index is 0.286. The van der Waals surface area contributed by atoms with Gasteiger partial charge in [-0.05, 0) is 80.0 Å². The number of hydrogen-bond donors (Lipinski definition) is 1. The van der Waals surface area contributed by atoms with E-state index in [1.807, 2.05) is 24.4 Å². The Hall–Kier alpha value is -2.24. The smallest absolute Gasteiger partial charge is 0.0864 e. The highest BCUT2D eigenvalue weighted by Crippen LogP contribution is 2.36. The maximum Gasteiger partial charge on any atom is 0.0864 e. The van der Waals surface area contributed by atoms with Crippen LogP contribution in [0.4, 0.5) is 0 Å². The van der Waals surface area contributed by atoms with Crippen LogP contribution in [0, 0.1) is 5.92 Å². The summed E-state index contributed by atoms with van der Waals surface area (Å²) in [6.07, 6.45) is 7.35. The number of nitrogens with one attached hydrogen (secondary N) is 1. The van der Waals surface area contributed by atoms with Crippen LogP contribution in [0.1, 0.15) is 49.3 Å². The zero-order chi connectivity index (χ0) is 20.3. The third-order valence-corrected chi connectivity index (χ3v) is 8.09. The van der Waals surface area contributed by atoms with Crippen molar-refractivity contribution >= 4 is 10.8 Å². The van der Waals surface area contributed by atoms with Gasteiger partial charge in [-0.15, -0.1) is 0 Å². The molecule has 4 nitrogen and oxygen atoms in total. The van der Waals surface area contributed by atoms with Gasteiger partial charge in [0.05, 0.1) is 22.2 Å². The van der Waals surface area contributed by atoms with Gasteiger partial charge in [0, 0.05) is 41.2 Å². The molecule has 2 aromatic heterocycles. The van der Waals surface area contributed by atoms with Crippen LogP contribution in [-0.2, 0) is 15.5 Å². The molecule has 3 aromatic rings. The van der Waals surface area contributed by atoms with Crippen LogP contribution in [0.25, 0.3) is 11.4 Å². The molecule has 5 rings (SSSR count). The Morgan fingerprint density at radius 2 is 1.80 bits per heavy atom. The SMILES string of the molecule is O=S(c1ccc(C(CC2CCOCC2)c2ccc(-c3ccccn3)[nH]2)cc1)C1CC1. The first-order chi connectivity index (χ1) is 14.8. The minimum atomic E-state index is -0.850. The average Bonchev–Trinajstić information content (AvgIpc) is 3.55. The number of ether oxygens (including phenoxy) is 1. The molecule has 1 aliphatic heterocycles. The Morgan fingerprint density at radius 1 is 1.00 bits per heavy atom. The van der Waals surface area contributed by atoms with Crippen LogP contribution in [0.3, 0.4) is 0 Å². The van der Waals surface area contributed by atoms with Crippen LogP contribution in [0.2, 0.25) is 0 Å². The van der Waals surface area contributed by atoms with Crippen molar-refractivity contribution in [1.82, 2.24) is 9.97 Å². The van der Waals surface area contributed by atoms with Gasteiger partial charge in [-0.3, -0.25) is 9.19 Å². The summed E-state index contributed by atoms with van der Waals surface area (Å²) in [6, 6.07) is 18.8. The van der Waals surface area contributed by atoms with Gasteiger partial charge >= 0.3 is 0 Å². The summed E-state index contributed by atoms with van der Waals surface area (Å²) in [5.41, 5.74) is 4.52. The zero-order valence-electron chi connectivity index (χ0n) is 17.1. The zero-order valence-corrected chi connectivity index (χ0v) is 17.9. The van der Waals surface area contributed by atoms with E-state index in [2.05, 4.69) is 46.4 Å². The van der Waals surface area contributed by atoms with Gasteiger partial charge in [-0.25, -0.2) is 0 Å². The molecule has 0 spiro atoms. The second-order valence-electron chi connectivity index (χ2n) is 8.45. The number of nitrogens with zero attached hydrogens (tertiary/aromatic N) is 1. The Kier molecular flexibility index (Phi) is 5.82. The van der Waals surface area contributed by atoms with Crippen LogP contribution >= 0.6 is 0 Å². The number of aromatic nitrogens is 2. The molecule has 2 atom stereocenters. The number of benzene rings is 1. The summed E-state index contributed by atoms with van der Waals surface area (Å²) >= 11 is 0. The molecule has 1 aliphatic carbocycles. The summed E-state index contributed by atoms with van der Waals surface area (Å²) in [5.74, 6) is 0.944. The lowest BCUT2D eigenvalue weighted by Gasteiger charge is -2.27. The summed E-state index contributed by atoms with van der Waals surface area (Å²) in [6.45, 7) is 1.72. The first kappa shape index (κ1) is 19.7. The number of aromatic amines is 1. The van der Waals surface area contributed by atoms with Gasteiger partial charge in [0.25, 0.3) is 0 Å². The summed E-state index contributed by atoms with van der Waals surface area (Å²) in [7, 11) is -0.850. The maximum atomic E-state index is 12.5. The first-order valence-corrected chi connectivity index (χ1v) is 12.2. The minimum Gasteiger partial charge on any atom is -0.381 e. The Balaban J connectivity index is 1.43. The van der Waals surface area contributed by atoms with Crippen molar-refractivity contribution in [2.45, 2.75) is 48.2 Å². The van der Waals surface area contributed by atoms with E-state index in [0.717, 1.165) is 61.6 Å². The van der Waals surface area contributed by atoms with Crippen molar-refractivity contribution in [3.8, 4) is 11.4 Å². The molecule has 3 heterocycles. The summed E-state index contributed by atoms with van der Waals surface area (Å²) in [4.78, 5) is 9.08. The lowest BCUT2D eigenvalue weighted by Crippen LogP contribution is -2.18. The summed E-state index contributed by atoms with van der Waals surface area (Å²) < 4.78 is 18.1. The van der Waals surface area contributed by atoms with E-state index in [4.69, 9.17) is 4.74 Å². The van der Waals surface area contributed by atoms with Crippen molar-refractivity contribution in [1.29, 1.82) is 0 Å². The van der Waals surface area contributed by atoms with E-state index in [9.17, 15) is 4.21 Å². The Labute approximate surface area is 180 Å². The fraction of sp³-hybridized carbons (Fsp3) is 0.400. The van der Waals surface area contributed by atoms with E-state index in [0.29, 0.717) is 11.2 Å². The third-order valence-electron chi connectivity index (χ3n) is 6.28. The van der Waals surface area contributed by atoms with Crippen molar-refractivity contribution in [2.75, 3.05) is 13.2 Å². The molecular formula is C25H28N2O2S. The lowest BCUT2D eigenvalue weighted by atomic mass is 9.83. The van der Waals surface area contributed by atoms with Gasteiger partial charge in [0.15, 0.2) is 0 Å². The van der Waals surface area contributed by atoms with Crippen LogP contribution < -0.4 is 0 Å². The molecule has 0 radical (unpaired) electrons. The standard InChI is InChI=1S/C25H28N2O2S/c28-30(21-8-9-21)20-6-4-19(5-7-20)22(17-18-12-15-29-16-13-18)23-10-11-25(27-23)24-3-1-2-14-26-24/h1-7,10-11,14,18,21-22,27H,8-9,12-13,15-17H2. The molecule has 2 aliphatic rings. The fourth-order valence-corrected chi connectivity index (χ4v) is 5.71. The summed E-state index contributed by atoms with van der Waals surface area (Å²) in [5, 5.41) is 0.373. The molecule has 1 aromatic carbocycles. The van der Waals surface area contributed by atoms with Crippen molar-refractivity contribution in [3.63, 3.8) is 0 Å². The highest BCUT2D eigenvalue weighted by molar-refractivity contribution is 7.86. The van der Waals surface area contributed by atoms with Gasteiger partial charge < -0.3 is 9.72 Å². The molecular weight excluding hydrogens is 392 g/mol. The lowest BCUT2D eigenvalue weighted by molar-refractivity contribution is 0.0626. The Morgan fingerprint density at radius 3 is 2.50 bits per heavy atom. The molecule has 2 fully saturated rings. The number of rotatable bonds is 7. The first-order valence-electron chi connectivity index (χ1n) is 11.0. The molecule has 5 heteroatoms. The van der Waals surface area contributed by atoms with E-state index < -0.39 is 10.8 Å². The van der Waals surface area contributed by atoms with Gasteiger partial charge in [0.2, 0.25) is 0 Å². The molecule has 1 saturated heterocycles. The largest absolute Gasteiger partial charge is 0.381 e. The monoisotopic (exact) mass is 420 g/mol. The maximum absolute atomic E-state index is 12.5. The van der Waals surface area contributed by atoms with E-state index in [1.165, 1.54) is 11.3 Å². The Bertz CT molecular complexity index is 990. The van der Waals surface area contributed by atoms with Gasteiger partial charge in [0.1, 0.15) is 0 Å². The molecule has 2 unspecified atom stereocenters. The van der Waals surface area contributed by atoms with E-state index >= 15 is 0 Å². The second-order valence-corrected chi connectivity index (χ2v) is 10.2. The number of hydrogen-bond acceptors (Lipinski definition) is 3. The topological polar surface area (TPSA) is 55.0 Å². The number of H-pyrrole nitrogens is 1. The van der Waals surface area contributed by atoms with Crippen molar-refractivity contribution < 1.29 is 8.95 Å². The second kappa shape index (κ2) is 8.86. The molecule has 1 N–H and O–H groups in total. The number of pyridine rings is 1. The predicted molar refractivity (Wildman–Crippen MR) is 120 cm³/mol. The van der Waals surface area contributed by atoms with Gasteiger partial charge in [-0.2, -0.15) is 0 Å². The molecule has 0 bridgehead atoms. The normalized spacial score (nSPS) is 19.5. The molecule has 0 amide bonds. The molecule has 30 heavy (non-hydrogen) atoms. The predicted octanol–water partition coefficient (Wildman–Crippen LogP) is 5.30. The van der Waals surface area contributed by atoms with E-state index in [-0.39, 0.29) is 5.92 Å².